The fraction of sp³-hybridized carbons (Fsp3) is 0.312. The number of nitrogens with zero attached hydrogens (tertiary/aromatic N) is 1. The minimum Gasteiger partial charge on any atom is -0.468 e. The van der Waals surface area contributed by atoms with Crippen LogP contribution in [0.3, 0.4) is 0 Å². The van der Waals surface area contributed by atoms with E-state index in [9.17, 15) is 13.2 Å². The number of ether oxygens (including phenoxy) is 1. The largest absolute Gasteiger partial charge is 0.468 e. The predicted molar refractivity (Wildman–Crippen MR) is 93.2 cm³/mol. The average molecular weight is 368 g/mol. The quantitative estimate of drug-likeness (QED) is 0.757. The van der Waals surface area contributed by atoms with E-state index in [1.807, 2.05) is 30.3 Å². The number of carbonyl (C=O) groups excluding carboxylic acids is 1. The Morgan fingerprint density at radius 1 is 1.21 bits per heavy atom. The number of esters is 1. The molecule has 2 rings (SSSR count). The summed E-state index contributed by atoms with van der Waals surface area (Å²) in [6, 6.07) is 12.0. The Balaban J connectivity index is 2.13. The second-order valence-electron chi connectivity index (χ2n) is 5.26. The molecule has 0 aliphatic carbocycles. The molecule has 0 saturated heterocycles. The van der Waals surface area contributed by atoms with Crippen molar-refractivity contribution in [2.45, 2.75) is 16.8 Å². The maximum Gasteiger partial charge on any atom is 0.327 e. The van der Waals surface area contributed by atoms with Crippen LogP contribution in [0.15, 0.2) is 46.7 Å². The number of benzene rings is 1. The fourth-order valence-corrected chi connectivity index (χ4v) is 4.55. The van der Waals surface area contributed by atoms with Gasteiger partial charge in [-0.1, -0.05) is 30.3 Å². The van der Waals surface area contributed by atoms with Gasteiger partial charge in [0.15, 0.2) is 0 Å². The zero-order valence-electron chi connectivity index (χ0n) is 13.7. The molecule has 0 aliphatic rings. The van der Waals surface area contributed by atoms with Crippen LogP contribution in [-0.4, -0.2) is 39.9 Å². The molecule has 0 aliphatic heterocycles. The van der Waals surface area contributed by atoms with Crippen molar-refractivity contribution in [1.29, 1.82) is 0 Å². The number of thiophene rings is 1. The van der Waals surface area contributed by atoms with Crippen LogP contribution in [-0.2, 0) is 26.1 Å². The van der Waals surface area contributed by atoms with Gasteiger partial charge in [-0.2, -0.15) is 0 Å². The van der Waals surface area contributed by atoms with Gasteiger partial charge in [0.25, 0.3) is 10.0 Å². The van der Waals surface area contributed by atoms with Crippen molar-refractivity contribution < 1.29 is 17.9 Å². The second kappa shape index (κ2) is 7.89. The van der Waals surface area contributed by atoms with E-state index >= 15 is 0 Å². The third-order valence-corrected chi connectivity index (χ3v) is 6.79. The van der Waals surface area contributed by atoms with Gasteiger partial charge < -0.3 is 4.74 Å². The van der Waals surface area contributed by atoms with Gasteiger partial charge >= 0.3 is 5.97 Å². The van der Waals surface area contributed by atoms with E-state index in [0.717, 1.165) is 10.4 Å². The van der Waals surface area contributed by atoms with Gasteiger partial charge in [-0.05, 0) is 17.7 Å². The number of methoxy groups -OCH3 is 1. The SMILES string of the molecule is COC(=O)C(NCc1ccc(S(=O)(=O)N(C)C)s1)c1ccccc1. The number of rotatable bonds is 7. The van der Waals surface area contributed by atoms with Crippen molar-refractivity contribution in [3.05, 3.63) is 52.9 Å². The van der Waals surface area contributed by atoms with Gasteiger partial charge in [0.05, 0.1) is 7.11 Å². The Hall–Kier alpha value is -1.74. The van der Waals surface area contributed by atoms with Crippen LogP contribution in [0.5, 0.6) is 0 Å². The molecule has 6 nitrogen and oxygen atoms in total. The number of hydrogen-bond acceptors (Lipinski definition) is 6. The lowest BCUT2D eigenvalue weighted by molar-refractivity contribution is -0.143. The number of hydrogen-bond donors (Lipinski definition) is 1. The lowest BCUT2D eigenvalue weighted by Crippen LogP contribution is -2.29. The monoisotopic (exact) mass is 368 g/mol. The highest BCUT2D eigenvalue weighted by Crippen LogP contribution is 2.24. The maximum atomic E-state index is 12.1. The molecule has 1 atom stereocenters. The number of sulfonamides is 1. The second-order valence-corrected chi connectivity index (χ2v) is 8.80. The Kier molecular flexibility index (Phi) is 6.11. The molecule has 1 aromatic carbocycles. The lowest BCUT2D eigenvalue weighted by Gasteiger charge is -2.16. The summed E-state index contributed by atoms with van der Waals surface area (Å²) in [4.78, 5) is 12.8. The lowest BCUT2D eigenvalue weighted by atomic mass is 10.1. The number of nitrogens with one attached hydrogen (secondary N) is 1. The van der Waals surface area contributed by atoms with Crippen LogP contribution in [0.25, 0.3) is 0 Å². The van der Waals surface area contributed by atoms with E-state index in [2.05, 4.69) is 5.32 Å². The van der Waals surface area contributed by atoms with E-state index < -0.39 is 16.1 Å². The van der Waals surface area contributed by atoms with Crippen LogP contribution in [0.4, 0.5) is 0 Å². The van der Waals surface area contributed by atoms with E-state index in [1.54, 1.807) is 12.1 Å². The highest BCUT2D eigenvalue weighted by Gasteiger charge is 2.22. The van der Waals surface area contributed by atoms with Gasteiger partial charge in [0.1, 0.15) is 10.3 Å². The van der Waals surface area contributed by atoms with Crippen LogP contribution in [0.2, 0.25) is 0 Å². The fourth-order valence-electron chi connectivity index (χ4n) is 2.08. The summed E-state index contributed by atoms with van der Waals surface area (Å²) in [6.45, 7) is 0.363. The molecule has 1 aromatic heterocycles. The molecule has 0 radical (unpaired) electrons. The highest BCUT2D eigenvalue weighted by atomic mass is 32.2. The van der Waals surface area contributed by atoms with Crippen molar-refractivity contribution in [2.24, 2.45) is 0 Å². The predicted octanol–water partition coefficient (Wildman–Crippen LogP) is 2.00. The minimum atomic E-state index is -3.44. The summed E-state index contributed by atoms with van der Waals surface area (Å²) >= 11 is 1.18. The first kappa shape index (κ1) is 18.6. The zero-order valence-corrected chi connectivity index (χ0v) is 15.4. The molecule has 0 fully saturated rings. The summed E-state index contributed by atoms with van der Waals surface area (Å²) in [5.41, 5.74) is 0.794. The molecular weight excluding hydrogens is 348 g/mol. The van der Waals surface area contributed by atoms with Crippen LogP contribution < -0.4 is 5.32 Å². The van der Waals surface area contributed by atoms with Gasteiger partial charge in [-0.3, -0.25) is 5.32 Å². The molecule has 0 saturated carbocycles. The smallest absolute Gasteiger partial charge is 0.327 e. The van der Waals surface area contributed by atoms with Crippen molar-refractivity contribution in [1.82, 2.24) is 9.62 Å². The Morgan fingerprint density at radius 3 is 2.46 bits per heavy atom. The first-order valence-electron chi connectivity index (χ1n) is 7.23. The Morgan fingerprint density at radius 2 is 1.88 bits per heavy atom. The van der Waals surface area contributed by atoms with Gasteiger partial charge in [-0.25, -0.2) is 17.5 Å². The van der Waals surface area contributed by atoms with Crippen LogP contribution in [0.1, 0.15) is 16.5 Å². The summed E-state index contributed by atoms with van der Waals surface area (Å²) in [5.74, 6) is -0.390. The molecule has 24 heavy (non-hydrogen) atoms. The third-order valence-electron chi connectivity index (χ3n) is 3.42. The Labute approximate surface area is 146 Å². The molecule has 0 bridgehead atoms. The van der Waals surface area contributed by atoms with Crippen molar-refractivity contribution in [3.8, 4) is 0 Å². The topological polar surface area (TPSA) is 75.7 Å². The molecule has 0 spiro atoms. The summed E-state index contributed by atoms with van der Waals surface area (Å²) < 4.78 is 30.5. The first-order chi connectivity index (χ1) is 11.4. The van der Waals surface area contributed by atoms with Crippen LogP contribution >= 0.6 is 11.3 Å². The molecule has 1 N–H and O–H groups in total. The summed E-state index contributed by atoms with van der Waals surface area (Å²) in [5, 5.41) is 3.12. The van der Waals surface area contributed by atoms with Crippen molar-refractivity contribution in [2.75, 3.05) is 21.2 Å². The Bertz CT molecular complexity index is 785. The van der Waals surface area contributed by atoms with Gasteiger partial charge in [0, 0.05) is 25.5 Å². The molecular formula is C16H20N2O4S2. The van der Waals surface area contributed by atoms with E-state index in [0.29, 0.717) is 6.54 Å². The van der Waals surface area contributed by atoms with E-state index in [1.165, 1.54) is 36.8 Å². The molecule has 1 unspecified atom stereocenters. The van der Waals surface area contributed by atoms with E-state index in [4.69, 9.17) is 4.74 Å². The molecule has 8 heteroatoms. The standard InChI is InChI=1S/C16H20N2O4S2/c1-18(2)24(20,21)14-10-9-13(23-14)11-17-15(16(19)22-3)12-7-5-4-6-8-12/h4-10,15,17H,11H2,1-3H3. The summed E-state index contributed by atoms with van der Waals surface area (Å²) in [6.07, 6.45) is 0. The maximum absolute atomic E-state index is 12.1. The van der Waals surface area contributed by atoms with Crippen molar-refractivity contribution in [3.63, 3.8) is 0 Å². The molecule has 130 valence electrons. The zero-order chi connectivity index (χ0) is 17.7. The highest BCUT2D eigenvalue weighted by molar-refractivity contribution is 7.91. The van der Waals surface area contributed by atoms with Crippen molar-refractivity contribution >= 4 is 27.3 Å². The average Bonchev–Trinajstić information content (AvgIpc) is 3.05. The minimum absolute atomic E-state index is 0.277. The van der Waals surface area contributed by atoms with Crippen LogP contribution in [0, 0.1) is 0 Å². The molecule has 1 heterocycles. The third kappa shape index (κ3) is 4.21. The summed E-state index contributed by atoms with van der Waals surface area (Å²) in [7, 11) is 0.896. The van der Waals surface area contributed by atoms with Gasteiger partial charge in [-0.15, -0.1) is 11.3 Å². The normalized spacial score (nSPS) is 13.0. The molecule has 2 aromatic rings. The van der Waals surface area contributed by atoms with E-state index in [-0.39, 0.29) is 10.2 Å². The first-order valence-corrected chi connectivity index (χ1v) is 9.49. The molecule has 0 amide bonds. The number of carbonyl (C=O) groups is 1. The van der Waals surface area contributed by atoms with Gasteiger partial charge in [0.2, 0.25) is 0 Å².